The summed E-state index contributed by atoms with van der Waals surface area (Å²) in [7, 11) is 1.64. The first-order valence-electron chi connectivity index (χ1n) is 6.14. The van der Waals surface area contributed by atoms with Gasteiger partial charge in [0.15, 0.2) is 0 Å². The van der Waals surface area contributed by atoms with Crippen molar-refractivity contribution in [3.63, 3.8) is 0 Å². The summed E-state index contributed by atoms with van der Waals surface area (Å²) in [5.41, 5.74) is 0. The molecule has 4 nitrogen and oxygen atoms in total. The zero-order valence-electron chi connectivity index (χ0n) is 10.6. The fraction of sp³-hybridized carbons (Fsp3) is 0.917. The Hall–Kier alpha value is -0.610. The van der Waals surface area contributed by atoms with Gasteiger partial charge in [0, 0.05) is 20.1 Å². The lowest BCUT2D eigenvalue weighted by molar-refractivity contribution is -0.121. The molecule has 0 aliphatic carbocycles. The molecule has 4 heteroatoms. The summed E-state index contributed by atoms with van der Waals surface area (Å²) in [6.45, 7) is 4.51. The lowest BCUT2D eigenvalue weighted by atomic mass is 10.1. The number of methoxy groups -OCH3 is 1. The summed E-state index contributed by atoms with van der Waals surface area (Å²) in [6, 6.07) is 0. The highest BCUT2D eigenvalue weighted by atomic mass is 16.5. The summed E-state index contributed by atoms with van der Waals surface area (Å²) < 4.78 is 10.1. The third-order valence-electron chi connectivity index (χ3n) is 2.26. The number of hydrogen-bond acceptors (Lipinski definition) is 3. The van der Waals surface area contributed by atoms with Crippen molar-refractivity contribution in [2.75, 3.05) is 33.5 Å². The van der Waals surface area contributed by atoms with E-state index >= 15 is 0 Å². The number of amides is 1. The van der Waals surface area contributed by atoms with Gasteiger partial charge in [0.1, 0.15) is 0 Å². The molecule has 0 unspecified atom stereocenters. The lowest BCUT2D eigenvalue weighted by Crippen LogP contribution is -2.27. The van der Waals surface area contributed by atoms with Gasteiger partial charge in [0.2, 0.25) is 5.91 Å². The molecule has 0 fully saturated rings. The highest BCUT2D eigenvalue weighted by Gasteiger charge is 1.99. The fourth-order valence-corrected chi connectivity index (χ4v) is 1.31. The number of rotatable bonds is 11. The third-order valence-corrected chi connectivity index (χ3v) is 2.26. The second-order valence-electron chi connectivity index (χ2n) is 3.77. The lowest BCUT2D eigenvalue weighted by Gasteiger charge is -2.06. The smallest absolute Gasteiger partial charge is 0.220 e. The molecule has 0 aromatic heterocycles. The molecule has 0 saturated heterocycles. The van der Waals surface area contributed by atoms with E-state index in [-0.39, 0.29) is 5.91 Å². The number of ether oxygens (including phenoxy) is 2. The van der Waals surface area contributed by atoms with Crippen LogP contribution in [0.5, 0.6) is 0 Å². The zero-order valence-corrected chi connectivity index (χ0v) is 10.6. The van der Waals surface area contributed by atoms with Crippen LogP contribution in [0.15, 0.2) is 0 Å². The van der Waals surface area contributed by atoms with Crippen LogP contribution in [0.3, 0.4) is 0 Å². The first kappa shape index (κ1) is 15.4. The van der Waals surface area contributed by atoms with Crippen molar-refractivity contribution in [1.82, 2.24) is 5.32 Å². The van der Waals surface area contributed by atoms with Crippen molar-refractivity contribution < 1.29 is 14.3 Å². The number of unbranched alkanes of at least 4 members (excludes halogenated alkanes) is 3. The van der Waals surface area contributed by atoms with Gasteiger partial charge in [0.25, 0.3) is 0 Å². The first-order valence-corrected chi connectivity index (χ1v) is 6.14. The minimum atomic E-state index is 0.131. The number of carbonyl (C=O) groups is 1. The summed E-state index contributed by atoms with van der Waals surface area (Å²) in [6.07, 6.45) is 5.19. The Labute approximate surface area is 98.7 Å². The Kier molecular flexibility index (Phi) is 12.0. The second-order valence-corrected chi connectivity index (χ2v) is 3.77. The van der Waals surface area contributed by atoms with E-state index in [1.54, 1.807) is 7.11 Å². The predicted molar refractivity (Wildman–Crippen MR) is 64.5 cm³/mol. The monoisotopic (exact) mass is 231 g/mol. The number of nitrogens with one attached hydrogen (secondary N) is 1. The number of carbonyl (C=O) groups excluding carboxylic acids is 1. The molecule has 1 amide bonds. The van der Waals surface area contributed by atoms with E-state index in [4.69, 9.17) is 9.47 Å². The highest BCUT2D eigenvalue weighted by Crippen LogP contribution is 2.01. The van der Waals surface area contributed by atoms with E-state index in [1.807, 2.05) is 0 Å². The SMILES string of the molecule is CCCCCCC(=O)NCCOCCOC. The van der Waals surface area contributed by atoms with Crippen LogP contribution in [0.1, 0.15) is 39.0 Å². The van der Waals surface area contributed by atoms with Gasteiger partial charge in [-0.3, -0.25) is 4.79 Å². The van der Waals surface area contributed by atoms with Gasteiger partial charge in [-0.1, -0.05) is 26.2 Å². The van der Waals surface area contributed by atoms with Crippen molar-refractivity contribution >= 4 is 5.91 Å². The van der Waals surface area contributed by atoms with E-state index in [1.165, 1.54) is 12.8 Å². The van der Waals surface area contributed by atoms with Crippen LogP contribution >= 0.6 is 0 Å². The Bertz CT molecular complexity index is 162. The van der Waals surface area contributed by atoms with Crippen LogP contribution in [-0.2, 0) is 14.3 Å². The molecule has 0 heterocycles. The largest absolute Gasteiger partial charge is 0.382 e. The molecule has 16 heavy (non-hydrogen) atoms. The van der Waals surface area contributed by atoms with Gasteiger partial charge in [-0.25, -0.2) is 0 Å². The molecule has 0 bridgehead atoms. The van der Waals surface area contributed by atoms with Crippen molar-refractivity contribution in [2.24, 2.45) is 0 Å². The Morgan fingerprint density at radius 3 is 2.62 bits per heavy atom. The van der Waals surface area contributed by atoms with Crippen molar-refractivity contribution in [3.05, 3.63) is 0 Å². The molecule has 96 valence electrons. The minimum absolute atomic E-state index is 0.131. The van der Waals surface area contributed by atoms with Crippen LogP contribution in [0, 0.1) is 0 Å². The van der Waals surface area contributed by atoms with Gasteiger partial charge in [0.05, 0.1) is 19.8 Å². The van der Waals surface area contributed by atoms with Gasteiger partial charge < -0.3 is 14.8 Å². The van der Waals surface area contributed by atoms with E-state index in [0.29, 0.717) is 32.8 Å². The van der Waals surface area contributed by atoms with Crippen molar-refractivity contribution in [3.8, 4) is 0 Å². The summed E-state index contributed by atoms with van der Waals surface area (Å²) in [5.74, 6) is 0.131. The van der Waals surface area contributed by atoms with Crippen LogP contribution in [0.4, 0.5) is 0 Å². The topological polar surface area (TPSA) is 47.6 Å². The molecule has 0 spiro atoms. The first-order chi connectivity index (χ1) is 7.81. The molecular weight excluding hydrogens is 206 g/mol. The standard InChI is InChI=1S/C12H25NO3/c1-3-4-5-6-7-12(14)13-8-9-16-11-10-15-2/h3-11H2,1-2H3,(H,13,14). The molecule has 0 aromatic carbocycles. The summed E-state index contributed by atoms with van der Waals surface area (Å²) >= 11 is 0. The van der Waals surface area contributed by atoms with E-state index < -0.39 is 0 Å². The zero-order chi connectivity index (χ0) is 12.1. The van der Waals surface area contributed by atoms with E-state index in [0.717, 1.165) is 12.8 Å². The molecular formula is C12H25NO3. The van der Waals surface area contributed by atoms with E-state index in [2.05, 4.69) is 12.2 Å². The summed E-state index contributed by atoms with van der Waals surface area (Å²) in [5, 5.41) is 2.83. The maximum absolute atomic E-state index is 11.3. The maximum Gasteiger partial charge on any atom is 0.220 e. The molecule has 0 aliphatic rings. The minimum Gasteiger partial charge on any atom is -0.382 e. The highest BCUT2D eigenvalue weighted by molar-refractivity contribution is 5.75. The van der Waals surface area contributed by atoms with E-state index in [9.17, 15) is 4.79 Å². The third kappa shape index (κ3) is 11.5. The molecule has 0 aliphatic heterocycles. The molecule has 0 radical (unpaired) electrons. The van der Waals surface area contributed by atoms with Gasteiger partial charge in [-0.2, -0.15) is 0 Å². The van der Waals surface area contributed by atoms with Crippen LogP contribution in [-0.4, -0.2) is 39.4 Å². The molecule has 0 atom stereocenters. The summed E-state index contributed by atoms with van der Waals surface area (Å²) in [4.78, 5) is 11.3. The van der Waals surface area contributed by atoms with Crippen molar-refractivity contribution in [2.45, 2.75) is 39.0 Å². The van der Waals surface area contributed by atoms with Crippen LogP contribution in [0.25, 0.3) is 0 Å². The Morgan fingerprint density at radius 2 is 1.94 bits per heavy atom. The fourth-order valence-electron chi connectivity index (χ4n) is 1.31. The normalized spacial score (nSPS) is 10.4. The quantitative estimate of drug-likeness (QED) is 0.551. The van der Waals surface area contributed by atoms with Crippen molar-refractivity contribution in [1.29, 1.82) is 0 Å². The van der Waals surface area contributed by atoms with Gasteiger partial charge in [-0.05, 0) is 6.42 Å². The average Bonchev–Trinajstić information content (AvgIpc) is 2.29. The molecule has 0 rings (SSSR count). The number of hydrogen-bond donors (Lipinski definition) is 1. The molecule has 0 aromatic rings. The van der Waals surface area contributed by atoms with Crippen LogP contribution < -0.4 is 5.32 Å². The molecule has 1 N–H and O–H groups in total. The average molecular weight is 231 g/mol. The van der Waals surface area contributed by atoms with Crippen LogP contribution in [0.2, 0.25) is 0 Å². The Morgan fingerprint density at radius 1 is 1.12 bits per heavy atom. The Balaban J connectivity index is 3.11. The van der Waals surface area contributed by atoms with Gasteiger partial charge >= 0.3 is 0 Å². The molecule has 0 saturated carbocycles. The second kappa shape index (κ2) is 12.5. The predicted octanol–water partition coefficient (Wildman–Crippen LogP) is 1.74. The maximum atomic E-state index is 11.3. The van der Waals surface area contributed by atoms with Gasteiger partial charge in [-0.15, -0.1) is 0 Å².